The van der Waals surface area contributed by atoms with Crippen molar-refractivity contribution in [3.63, 3.8) is 0 Å². The van der Waals surface area contributed by atoms with Crippen LogP contribution in [0.4, 0.5) is 0 Å². The topological polar surface area (TPSA) is 20.2 Å². The highest BCUT2D eigenvalue weighted by Crippen LogP contribution is 2.10. The monoisotopic (exact) mass is 148 g/mol. The van der Waals surface area contributed by atoms with Gasteiger partial charge in [0.15, 0.2) is 0 Å². The molecular formula is C10H12O. The van der Waals surface area contributed by atoms with Crippen molar-refractivity contribution in [1.82, 2.24) is 0 Å². The molecule has 0 saturated heterocycles. The van der Waals surface area contributed by atoms with Gasteiger partial charge in [0.1, 0.15) is 0 Å². The van der Waals surface area contributed by atoms with Crippen LogP contribution >= 0.6 is 0 Å². The first kappa shape index (κ1) is 7.86. The largest absolute Gasteiger partial charge is 0.513 e. The van der Waals surface area contributed by atoms with Crippen molar-refractivity contribution in [3.8, 4) is 0 Å². The molecular weight excluding hydrogens is 136 g/mol. The summed E-state index contributed by atoms with van der Waals surface area (Å²) in [6.07, 6.45) is 1.76. The number of aliphatic hydroxyl groups excluding tert-OH is 1. The Labute approximate surface area is 67.0 Å². The summed E-state index contributed by atoms with van der Waals surface area (Å²) in [6, 6.07) is 7.95. The van der Waals surface area contributed by atoms with Crippen molar-refractivity contribution in [3.05, 3.63) is 41.2 Å². The Kier molecular flexibility index (Phi) is 2.32. The van der Waals surface area contributed by atoms with E-state index >= 15 is 0 Å². The lowest BCUT2D eigenvalue weighted by Gasteiger charge is -1.98. The zero-order chi connectivity index (χ0) is 8.27. The number of rotatable bonds is 1. The first-order valence-corrected chi connectivity index (χ1v) is 3.63. The quantitative estimate of drug-likeness (QED) is 0.607. The molecule has 0 fully saturated rings. The lowest BCUT2D eigenvalue weighted by molar-refractivity contribution is 0.420. The van der Waals surface area contributed by atoms with Crippen molar-refractivity contribution >= 4 is 6.08 Å². The Morgan fingerprint density at radius 2 is 2.00 bits per heavy atom. The third kappa shape index (κ3) is 2.11. The van der Waals surface area contributed by atoms with E-state index in [2.05, 4.69) is 0 Å². The van der Waals surface area contributed by atoms with Gasteiger partial charge in [-0.3, -0.25) is 0 Å². The highest BCUT2D eigenvalue weighted by molar-refractivity contribution is 5.54. The van der Waals surface area contributed by atoms with Crippen LogP contribution in [-0.2, 0) is 0 Å². The molecule has 0 unspecified atom stereocenters. The average molecular weight is 148 g/mol. The van der Waals surface area contributed by atoms with E-state index < -0.39 is 0 Å². The smallest absolute Gasteiger partial charge is 0.0897 e. The van der Waals surface area contributed by atoms with Crippen LogP contribution < -0.4 is 0 Å². The third-order valence-electron chi connectivity index (χ3n) is 1.55. The van der Waals surface area contributed by atoms with E-state index in [4.69, 9.17) is 5.11 Å². The summed E-state index contributed by atoms with van der Waals surface area (Å²) in [7, 11) is 0. The fraction of sp³-hybridized carbons (Fsp3) is 0.200. The first-order chi connectivity index (χ1) is 5.20. The Morgan fingerprint density at radius 3 is 2.55 bits per heavy atom. The van der Waals surface area contributed by atoms with E-state index in [-0.39, 0.29) is 0 Å². The fourth-order valence-electron chi connectivity index (χ4n) is 0.974. The van der Waals surface area contributed by atoms with Gasteiger partial charge in [-0.2, -0.15) is 0 Å². The van der Waals surface area contributed by atoms with Crippen LogP contribution in [0.25, 0.3) is 6.08 Å². The van der Waals surface area contributed by atoms with Crippen molar-refractivity contribution < 1.29 is 5.11 Å². The molecule has 0 amide bonds. The van der Waals surface area contributed by atoms with Crippen LogP contribution in [-0.4, -0.2) is 5.11 Å². The lowest BCUT2D eigenvalue weighted by Crippen LogP contribution is -1.79. The Hall–Kier alpha value is -1.24. The molecule has 0 bridgehead atoms. The zero-order valence-electron chi connectivity index (χ0n) is 6.83. The second kappa shape index (κ2) is 3.24. The van der Waals surface area contributed by atoms with Gasteiger partial charge in [0, 0.05) is 0 Å². The van der Waals surface area contributed by atoms with E-state index in [1.54, 1.807) is 13.0 Å². The molecule has 1 rings (SSSR count). The molecule has 0 aliphatic rings. The number of allylic oxidation sites excluding steroid dienone is 1. The second-order valence-corrected chi connectivity index (χ2v) is 2.64. The zero-order valence-corrected chi connectivity index (χ0v) is 6.83. The van der Waals surface area contributed by atoms with Gasteiger partial charge in [-0.1, -0.05) is 24.3 Å². The molecule has 1 aromatic rings. The van der Waals surface area contributed by atoms with E-state index in [1.165, 1.54) is 5.56 Å². The SMILES string of the molecule is C/C(O)=C\c1ccccc1C. The van der Waals surface area contributed by atoms with Crippen LogP contribution in [0.2, 0.25) is 0 Å². The average Bonchev–Trinajstić information content (AvgIpc) is 1.93. The minimum absolute atomic E-state index is 0.347. The maximum atomic E-state index is 8.99. The first-order valence-electron chi connectivity index (χ1n) is 3.63. The predicted molar refractivity (Wildman–Crippen MR) is 47.5 cm³/mol. The van der Waals surface area contributed by atoms with Crippen LogP contribution in [0.3, 0.4) is 0 Å². The molecule has 1 aromatic carbocycles. The summed E-state index contributed by atoms with van der Waals surface area (Å²) >= 11 is 0. The van der Waals surface area contributed by atoms with E-state index in [0.29, 0.717) is 5.76 Å². The summed E-state index contributed by atoms with van der Waals surface area (Å²) in [5.41, 5.74) is 2.26. The molecule has 0 atom stereocenters. The van der Waals surface area contributed by atoms with E-state index in [9.17, 15) is 0 Å². The molecule has 1 heteroatoms. The van der Waals surface area contributed by atoms with Gasteiger partial charge in [0.05, 0.1) is 5.76 Å². The van der Waals surface area contributed by atoms with Crippen LogP contribution in [0.1, 0.15) is 18.1 Å². The summed E-state index contributed by atoms with van der Waals surface area (Å²) in [4.78, 5) is 0. The van der Waals surface area contributed by atoms with Gasteiger partial charge in [-0.05, 0) is 31.1 Å². The molecule has 1 nitrogen and oxygen atoms in total. The van der Waals surface area contributed by atoms with Gasteiger partial charge >= 0.3 is 0 Å². The normalized spacial score (nSPS) is 11.6. The summed E-state index contributed by atoms with van der Waals surface area (Å²) < 4.78 is 0. The number of benzene rings is 1. The molecule has 0 aliphatic heterocycles. The van der Waals surface area contributed by atoms with Gasteiger partial charge in [0.25, 0.3) is 0 Å². The number of hydrogen-bond acceptors (Lipinski definition) is 1. The second-order valence-electron chi connectivity index (χ2n) is 2.64. The molecule has 0 aromatic heterocycles. The maximum Gasteiger partial charge on any atom is 0.0897 e. The molecule has 0 radical (unpaired) electrons. The van der Waals surface area contributed by atoms with Gasteiger partial charge in [0.2, 0.25) is 0 Å². The van der Waals surface area contributed by atoms with E-state index in [1.807, 2.05) is 31.2 Å². The molecule has 0 spiro atoms. The maximum absolute atomic E-state index is 8.99. The van der Waals surface area contributed by atoms with Crippen molar-refractivity contribution in [1.29, 1.82) is 0 Å². The molecule has 11 heavy (non-hydrogen) atoms. The number of aliphatic hydroxyl groups is 1. The summed E-state index contributed by atoms with van der Waals surface area (Å²) in [5.74, 6) is 0.347. The minimum atomic E-state index is 0.347. The molecule has 58 valence electrons. The summed E-state index contributed by atoms with van der Waals surface area (Å²) in [6.45, 7) is 3.70. The number of hydrogen-bond donors (Lipinski definition) is 1. The molecule has 1 N–H and O–H groups in total. The fourth-order valence-corrected chi connectivity index (χ4v) is 0.974. The minimum Gasteiger partial charge on any atom is -0.513 e. The van der Waals surface area contributed by atoms with Crippen LogP contribution in [0.15, 0.2) is 30.0 Å². The van der Waals surface area contributed by atoms with Crippen LogP contribution in [0, 0.1) is 6.92 Å². The summed E-state index contributed by atoms with van der Waals surface area (Å²) in [5, 5.41) is 8.99. The van der Waals surface area contributed by atoms with Crippen molar-refractivity contribution in [2.45, 2.75) is 13.8 Å². The Bertz CT molecular complexity index is 270. The molecule has 0 aliphatic carbocycles. The van der Waals surface area contributed by atoms with E-state index in [0.717, 1.165) is 5.56 Å². The van der Waals surface area contributed by atoms with Crippen LogP contribution in [0.5, 0.6) is 0 Å². The molecule has 0 saturated carbocycles. The van der Waals surface area contributed by atoms with Gasteiger partial charge < -0.3 is 5.11 Å². The van der Waals surface area contributed by atoms with Gasteiger partial charge in [-0.25, -0.2) is 0 Å². The van der Waals surface area contributed by atoms with Crippen molar-refractivity contribution in [2.24, 2.45) is 0 Å². The van der Waals surface area contributed by atoms with Crippen molar-refractivity contribution in [2.75, 3.05) is 0 Å². The third-order valence-corrected chi connectivity index (χ3v) is 1.55. The Morgan fingerprint density at radius 1 is 1.36 bits per heavy atom. The number of aryl methyl sites for hydroxylation is 1. The van der Waals surface area contributed by atoms with Gasteiger partial charge in [-0.15, -0.1) is 0 Å². The predicted octanol–water partition coefficient (Wildman–Crippen LogP) is 2.91. The molecule has 0 heterocycles. The highest BCUT2D eigenvalue weighted by atomic mass is 16.3. The Balaban J connectivity index is 3.04. The standard InChI is InChI=1S/C10H12O/c1-8-5-3-4-6-10(8)7-9(2)11/h3-7,11H,1-2H3/b9-7+. The highest BCUT2D eigenvalue weighted by Gasteiger charge is 1.91. The lowest BCUT2D eigenvalue weighted by atomic mass is 10.1.